The van der Waals surface area contributed by atoms with Crippen LogP contribution in [0.25, 0.3) is 16.8 Å². The Labute approximate surface area is 271 Å². The van der Waals surface area contributed by atoms with Crippen LogP contribution >= 0.6 is 0 Å². The van der Waals surface area contributed by atoms with Crippen molar-refractivity contribution in [3.05, 3.63) is 143 Å². The molecule has 0 amide bonds. The Morgan fingerprint density at radius 2 is 1.43 bits per heavy atom. The molecule has 5 nitrogen and oxygen atoms in total. The van der Waals surface area contributed by atoms with Crippen molar-refractivity contribution < 1.29 is 19.0 Å². The first-order valence-electron chi connectivity index (χ1n) is 16.3. The van der Waals surface area contributed by atoms with Crippen LogP contribution in [0.2, 0.25) is 0 Å². The maximum atomic E-state index is 13.5. The molecule has 1 unspecified atom stereocenters. The number of fused-ring (bicyclic) bond motifs is 3. The Hall–Kier alpha value is -5.03. The van der Waals surface area contributed by atoms with Crippen LogP contribution in [0.4, 0.5) is 5.69 Å². The Morgan fingerprint density at radius 1 is 0.783 bits per heavy atom. The third-order valence-electron chi connectivity index (χ3n) is 9.21. The minimum atomic E-state index is -0.900. The number of methoxy groups -OCH3 is 1. The van der Waals surface area contributed by atoms with Crippen molar-refractivity contribution in [1.29, 1.82) is 0 Å². The topological polar surface area (TPSA) is 48.0 Å². The number of carbonyl (C=O) groups excluding carboxylic acids is 1. The van der Waals surface area contributed by atoms with Gasteiger partial charge >= 0.3 is 5.97 Å². The van der Waals surface area contributed by atoms with E-state index in [0.717, 1.165) is 47.8 Å². The zero-order valence-corrected chi connectivity index (χ0v) is 26.3. The minimum Gasteiger partial charge on any atom is -0.492 e. The fourth-order valence-electron chi connectivity index (χ4n) is 6.84. The van der Waals surface area contributed by atoms with E-state index >= 15 is 0 Å². The van der Waals surface area contributed by atoms with Gasteiger partial charge in [0.15, 0.2) is 5.60 Å². The lowest BCUT2D eigenvalue weighted by Crippen LogP contribution is -2.35. The van der Waals surface area contributed by atoms with E-state index in [-0.39, 0.29) is 0 Å². The molecule has 1 atom stereocenters. The summed E-state index contributed by atoms with van der Waals surface area (Å²) in [4.78, 5) is 16.0. The van der Waals surface area contributed by atoms with E-state index in [0.29, 0.717) is 29.2 Å². The molecule has 2 heterocycles. The van der Waals surface area contributed by atoms with Gasteiger partial charge in [-0.05, 0) is 62.0 Å². The van der Waals surface area contributed by atoms with Crippen LogP contribution < -0.4 is 14.4 Å². The summed E-state index contributed by atoms with van der Waals surface area (Å²) in [5, 5.41) is 1.71. The van der Waals surface area contributed by atoms with Gasteiger partial charge in [-0.3, -0.25) is 0 Å². The number of anilines is 1. The van der Waals surface area contributed by atoms with Crippen LogP contribution in [0.5, 0.6) is 11.5 Å². The number of carbonyl (C=O) groups is 1. The predicted octanol–water partition coefficient (Wildman–Crippen LogP) is 8.98. The molecule has 2 aliphatic heterocycles. The molecule has 232 valence electrons. The summed E-state index contributed by atoms with van der Waals surface area (Å²) in [5.74, 6) is 0.714. The van der Waals surface area contributed by atoms with E-state index in [1.165, 1.54) is 37.6 Å². The largest absolute Gasteiger partial charge is 0.492 e. The molecule has 0 saturated carbocycles. The molecule has 5 aromatic carbocycles. The van der Waals surface area contributed by atoms with Gasteiger partial charge in [-0.1, -0.05) is 97.1 Å². The van der Waals surface area contributed by atoms with Gasteiger partial charge in [-0.15, -0.1) is 0 Å². The molecule has 0 radical (unpaired) electrons. The van der Waals surface area contributed by atoms with Gasteiger partial charge in [0.2, 0.25) is 0 Å². The fraction of sp³-hybridized carbons (Fsp3) is 0.244. The predicted molar refractivity (Wildman–Crippen MR) is 185 cm³/mol. The van der Waals surface area contributed by atoms with Crippen LogP contribution in [-0.2, 0) is 16.8 Å². The van der Waals surface area contributed by atoms with E-state index in [9.17, 15) is 4.79 Å². The molecule has 7 rings (SSSR count). The van der Waals surface area contributed by atoms with Crippen molar-refractivity contribution in [2.45, 2.75) is 37.7 Å². The maximum absolute atomic E-state index is 13.5. The highest BCUT2D eigenvalue weighted by Crippen LogP contribution is 2.49. The van der Waals surface area contributed by atoms with Crippen LogP contribution in [0.15, 0.2) is 115 Å². The zero-order valence-electron chi connectivity index (χ0n) is 26.3. The number of nitrogens with zero attached hydrogens (tertiary/aromatic N) is 1. The SMILES string of the molecule is COC(=O)c1c2c(c3ccccc3c1OCCCc1ccccc1)OC(c1ccccc1)(c1ccc(N3CCCCC3)cc1)C=C2. The summed E-state index contributed by atoms with van der Waals surface area (Å²) < 4.78 is 19.0. The molecule has 2 aliphatic rings. The van der Waals surface area contributed by atoms with Crippen molar-refractivity contribution in [3.63, 3.8) is 0 Å². The number of esters is 1. The van der Waals surface area contributed by atoms with Crippen LogP contribution in [0.1, 0.15) is 58.3 Å². The molecule has 0 spiro atoms. The first-order chi connectivity index (χ1) is 22.7. The third kappa shape index (κ3) is 5.62. The molecule has 46 heavy (non-hydrogen) atoms. The number of rotatable bonds is 9. The van der Waals surface area contributed by atoms with Crippen molar-refractivity contribution in [3.8, 4) is 11.5 Å². The number of ether oxygens (including phenoxy) is 3. The number of hydrogen-bond acceptors (Lipinski definition) is 5. The fourth-order valence-corrected chi connectivity index (χ4v) is 6.84. The van der Waals surface area contributed by atoms with Crippen molar-refractivity contribution in [1.82, 2.24) is 0 Å². The lowest BCUT2D eigenvalue weighted by molar-refractivity contribution is 0.0594. The van der Waals surface area contributed by atoms with Gasteiger partial charge in [-0.2, -0.15) is 0 Å². The molecule has 0 aromatic heterocycles. The average molecular weight is 610 g/mol. The Kier molecular flexibility index (Phi) is 8.47. The lowest BCUT2D eigenvalue weighted by Gasteiger charge is -2.38. The molecular formula is C41H39NO4. The summed E-state index contributed by atoms with van der Waals surface area (Å²) in [6.45, 7) is 2.64. The molecular weight excluding hydrogens is 570 g/mol. The number of piperidine rings is 1. The minimum absolute atomic E-state index is 0.384. The molecule has 5 aromatic rings. The number of benzene rings is 5. The Morgan fingerprint density at radius 3 is 2.15 bits per heavy atom. The van der Waals surface area contributed by atoms with Gasteiger partial charge in [0, 0.05) is 46.2 Å². The Bertz CT molecular complexity index is 1840. The normalized spacial score (nSPS) is 17.3. The van der Waals surface area contributed by atoms with Crippen LogP contribution in [0, 0.1) is 0 Å². The van der Waals surface area contributed by atoms with Crippen molar-refractivity contribution >= 4 is 28.5 Å². The number of hydrogen-bond donors (Lipinski definition) is 0. The molecule has 1 fully saturated rings. The summed E-state index contributed by atoms with van der Waals surface area (Å²) in [6, 6.07) is 37.4. The first-order valence-corrected chi connectivity index (χ1v) is 16.3. The maximum Gasteiger partial charge on any atom is 0.342 e. The first kappa shape index (κ1) is 29.7. The third-order valence-corrected chi connectivity index (χ3v) is 9.21. The highest BCUT2D eigenvalue weighted by molar-refractivity contribution is 6.08. The van der Waals surface area contributed by atoms with Gasteiger partial charge in [-0.25, -0.2) is 4.79 Å². The summed E-state index contributed by atoms with van der Waals surface area (Å²) in [7, 11) is 1.41. The standard InChI is InChI=1S/C41H39NO4/c1-44-40(43)37-36-25-26-41(31-17-7-3-8-18-31,32-21-23-33(24-22-32)42-27-11-4-12-28-42)46-38(36)34-19-9-10-20-35(34)39(37)45-29-13-16-30-14-5-2-6-15-30/h2-3,5-10,14-15,17-26H,4,11-13,16,27-29H2,1H3. The molecule has 5 heteroatoms. The van der Waals surface area contributed by atoms with E-state index in [2.05, 4.69) is 59.5 Å². The quantitative estimate of drug-likeness (QED) is 0.123. The van der Waals surface area contributed by atoms with Gasteiger partial charge in [0.25, 0.3) is 0 Å². The second kappa shape index (κ2) is 13.1. The highest BCUT2D eigenvalue weighted by Gasteiger charge is 2.40. The number of aryl methyl sites for hydroxylation is 1. The zero-order chi connectivity index (χ0) is 31.3. The average Bonchev–Trinajstić information content (AvgIpc) is 3.14. The van der Waals surface area contributed by atoms with E-state index in [1.54, 1.807) is 0 Å². The molecule has 1 saturated heterocycles. The summed E-state index contributed by atoms with van der Waals surface area (Å²) in [5.41, 5.74) is 4.67. The van der Waals surface area contributed by atoms with Gasteiger partial charge in [0.1, 0.15) is 17.1 Å². The van der Waals surface area contributed by atoms with Crippen molar-refractivity contribution in [2.24, 2.45) is 0 Å². The molecule has 0 bridgehead atoms. The smallest absolute Gasteiger partial charge is 0.342 e. The lowest BCUT2D eigenvalue weighted by atomic mass is 9.82. The van der Waals surface area contributed by atoms with Crippen LogP contribution in [-0.4, -0.2) is 32.8 Å². The van der Waals surface area contributed by atoms with E-state index in [1.807, 2.05) is 66.7 Å². The highest BCUT2D eigenvalue weighted by atomic mass is 16.5. The summed E-state index contributed by atoms with van der Waals surface area (Å²) >= 11 is 0. The van der Waals surface area contributed by atoms with Crippen molar-refractivity contribution in [2.75, 3.05) is 31.7 Å². The Balaban J connectivity index is 1.31. The second-order valence-electron chi connectivity index (χ2n) is 12.1. The van der Waals surface area contributed by atoms with E-state index < -0.39 is 11.6 Å². The molecule has 0 aliphatic carbocycles. The van der Waals surface area contributed by atoms with Crippen LogP contribution in [0.3, 0.4) is 0 Å². The molecule has 0 N–H and O–H groups in total. The van der Waals surface area contributed by atoms with Gasteiger partial charge in [0.05, 0.1) is 13.7 Å². The van der Waals surface area contributed by atoms with Gasteiger partial charge < -0.3 is 19.1 Å². The second-order valence-corrected chi connectivity index (χ2v) is 12.1. The summed E-state index contributed by atoms with van der Waals surface area (Å²) in [6.07, 6.45) is 9.54. The monoisotopic (exact) mass is 609 g/mol. The van der Waals surface area contributed by atoms with E-state index in [4.69, 9.17) is 14.2 Å².